The molecular formula is C67H124O6. The number of ether oxygens (including phenoxy) is 3. The van der Waals surface area contributed by atoms with E-state index >= 15 is 0 Å². The number of esters is 3. The van der Waals surface area contributed by atoms with Gasteiger partial charge in [-0.05, 0) is 57.8 Å². The Morgan fingerprint density at radius 1 is 0.274 bits per heavy atom. The number of hydrogen-bond donors (Lipinski definition) is 0. The van der Waals surface area contributed by atoms with E-state index in [1.165, 1.54) is 238 Å². The van der Waals surface area contributed by atoms with Crippen LogP contribution in [0.25, 0.3) is 0 Å². The molecule has 0 aromatic carbocycles. The lowest BCUT2D eigenvalue weighted by Gasteiger charge is -2.18. The molecule has 0 saturated carbocycles. The quantitative estimate of drug-likeness (QED) is 0.0261. The molecule has 6 heteroatoms. The third kappa shape index (κ3) is 60.4. The van der Waals surface area contributed by atoms with E-state index in [2.05, 4.69) is 57.2 Å². The standard InChI is InChI=1S/C67H124O6/c1-4-7-10-13-16-19-22-25-28-31-33-35-36-39-42-45-48-51-54-57-60-66(69)72-63-64(62-71-65(68)59-56-53-50-47-44-41-38-30-27-24-21-18-15-12-9-6-3)73-67(70)61-58-55-52-49-46-43-40-37-34-32-29-26-23-20-17-14-11-8-5-2/h17,20,26,29,34,37,64H,4-16,18-19,21-25,27-28,30-33,35-36,38-63H2,1-3H3/b20-17-,29-26-,37-34-. The number of allylic oxidation sites excluding steroid dienone is 6. The molecule has 0 aliphatic heterocycles. The van der Waals surface area contributed by atoms with Crippen LogP contribution in [0.3, 0.4) is 0 Å². The Morgan fingerprint density at radius 2 is 0.493 bits per heavy atom. The maximum atomic E-state index is 12.9. The Kier molecular flexibility index (Phi) is 60.2. The summed E-state index contributed by atoms with van der Waals surface area (Å²) in [6.45, 7) is 6.67. The fourth-order valence-corrected chi connectivity index (χ4v) is 9.75. The largest absolute Gasteiger partial charge is 0.462 e. The molecule has 0 fully saturated rings. The highest BCUT2D eigenvalue weighted by Crippen LogP contribution is 2.18. The SMILES string of the molecule is CCCCC/C=C\C/C=C\C/C=C\CCCCCCCCC(=O)OC(COC(=O)CCCCCCCCCCCCCCCCCC)COC(=O)CCCCCCCCCCCCCCCCCCCCCC. The van der Waals surface area contributed by atoms with Crippen molar-refractivity contribution in [3.63, 3.8) is 0 Å². The topological polar surface area (TPSA) is 78.9 Å². The molecule has 0 radical (unpaired) electrons. The summed E-state index contributed by atoms with van der Waals surface area (Å²) in [7, 11) is 0. The minimum atomic E-state index is -0.776. The molecule has 0 aromatic heterocycles. The number of carbonyl (C=O) groups excluding carboxylic acids is 3. The Balaban J connectivity index is 4.34. The second kappa shape index (κ2) is 62.2. The average Bonchev–Trinajstić information content (AvgIpc) is 3.39. The van der Waals surface area contributed by atoms with Gasteiger partial charge in [0.2, 0.25) is 0 Å². The van der Waals surface area contributed by atoms with Gasteiger partial charge in [0.05, 0.1) is 0 Å². The zero-order valence-corrected chi connectivity index (χ0v) is 49.2. The van der Waals surface area contributed by atoms with Crippen molar-refractivity contribution in [1.82, 2.24) is 0 Å². The maximum absolute atomic E-state index is 12.9. The summed E-state index contributed by atoms with van der Waals surface area (Å²) in [5, 5.41) is 0. The summed E-state index contributed by atoms with van der Waals surface area (Å²) in [4.78, 5) is 38.3. The predicted molar refractivity (Wildman–Crippen MR) is 316 cm³/mol. The zero-order chi connectivity index (χ0) is 52.9. The van der Waals surface area contributed by atoms with Crippen LogP contribution in [-0.2, 0) is 28.6 Å². The molecule has 0 heterocycles. The smallest absolute Gasteiger partial charge is 0.306 e. The van der Waals surface area contributed by atoms with Crippen LogP contribution in [-0.4, -0.2) is 37.2 Å². The van der Waals surface area contributed by atoms with Crippen LogP contribution >= 0.6 is 0 Å². The lowest BCUT2D eigenvalue weighted by Crippen LogP contribution is -2.30. The fourth-order valence-electron chi connectivity index (χ4n) is 9.75. The molecule has 0 amide bonds. The summed E-state index contributed by atoms with van der Waals surface area (Å²) >= 11 is 0. The molecule has 0 bridgehead atoms. The first-order valence-electron chi connectivity index (χ1n) is 32.5. The van der Waals surface area contributed by atoms with Crippen LogP contribution in [0.1, 0.15) is 355 Å². The minimum absolute atomic E-state index is 0.0721. The first-order chi connectivity index (χ1) is 36.0. The van der Waals surface area contributed by atoms with Crippen LogP contribution in [0.5, 0.6) is 0 Å². The molecule has 1 atom stereocenters. The molecule has 0 rings (SSSR count). The first kappa shape index (κ1) is 70.6. The third-order valence-corrected chi connectivity index (χ3v) is 14.6. The van der Waals surface area contributed by atoms with Gasteiger partial charge >= 0.3 is 17.9 Å². The molecule has 73 heavy (non-hydrogen) atoms. The number of carbonyl (C=O) groups is 3. The molecule has 0 aliphatic carbocycles. The molecule has 0 aromatic rings. The maximum Gasteiger partial charge on any atom is 0.306 e. The third-order valence-electron chi connectivity index (χ3n) is 14.6. The molecule has 0 saturated heterocycles. The highest BCUT2D eigenvalue weighted by Gasteiger charge is 2.19. The van der Waals surface area contributed by atoms with E-state index in [-0.39, 0.29) is 31.1 Å². The van der Waals surface area contributed by atoms with Gasteiger partial charge in [-0.2, -0.15) is 0 Å². The zero-order valence-electron chi connectivity index (χ0n) is 49.2. The lowest BCUT2D eigenvalue weighted by atomic mass is 10.0. The molecule has 1 unspecified atom stereocenters. The summed E-state index contributed by atoms with van der Waals surface area (Å²) in [5.41, 5.74) is 0. The number of rotatable bonds is 60. The molecule has 0 spiro atoms. The van der Waals surface area contributed by atoms with Crippen LogP contribution in [0.4, 0.5) is 0 Å². The van der Waals surface area contributed by atoms with Gasteiger partial charge in [-0.1, -0.05) is 314 Å². The van der Waals surface area contributed by atoms with Crippen molar-refractivity contribution in [3.8, 4) is 0 Å². The van der Waals surface area contributed by atoms with Gasteiger partial charge in [-0.15, -0.1) is 0 Å². The van der Waals surface area contributed by atoms with Crippen molar-refractivity contribution in [1.29, 1.82) is 0 Å². The van der Waals surface area contributed by atoms with E-state index in [0.29, 0.717) is 19.3 Å². The molecule has 0 N–H and O–H groups in total. The van der Waals surface area contributed by atoms with Gasteiger partial charge in [0.25, 0.3) is 0 Å². The van der Waals surface area contributed by atoms with Gasteiger partial charge in [0.15, 0.2) is 6.10 Å². The molecular weight excluding hydrogens is 901 g/mol. The van der Waals surface area contributed by atoms with Crippen molar-refractivity contribution in [2.45, 2.75) is 361 Å². The summed E-state index contributed by atoms with van der Waals surface area (Å²) in [6.07, 6.45) is 75.7. The number of unbranched alkanes of at least 4 members (excludes halogenated alkanes) is 43. The average molecular weight is 1030 g/mol. The van der Waals surface area contributed by atoms with E-state index in [1.54, 1.807) is 0 Å². The summed E-state index contributed by atoms with van der Waals surface area (Å²) in [6, 6.07) is 0. The molecule has 0 aliphatic rings. The van der Waals surface area contributed by atoms with Crippen molar-refractivity contribution in [2.75, 3.05) is 13.2 Å². The van der Waals surface area contributed by atoms with Crippen molar-refractivity contribution >= 4 is 17.9 Å². The minimum Gasteiger partial charge on any atom is -0.462 e. The van der Waals surface area contributed by atoms with Gasteiger partial charge in [-0.3, -0.25) is 14.4 Å². The van der Waals surface area contributed by atoms with E-state index in [1.807, 2.05) is 0 Å². The second-order valence-electron chi connectivity index (χ2n) is 22.0. The number of hydrogen-bond acceptors (Lipinski definition) is 6. The Bertz CT molecular complexity index is 1220. The van der Waals surface area contributed by atoms with Crippen LogP contribution in [0, 0.1) is 0 Å². The highest BCUT2D eigenvalue weighted by atomic mass is 16.6. The lowest BCUT2D eigenvalue weighted by molar-refractivity contribution is -0.167. The van der Waals surface area contributed by atoms with E-state index in [9.17, 15) is 14.4 Å². The van der Waals surface area contributed by atoms with Crippen molar-refractivity contribution < 1.29 is 28.6 Å². The van der Waals surface area contributed by atoms with Crippen molar-refractivity contribution in [3.05, 3.63) is 36.5 Å². The Hall–Kier alpha value is -2.37. The van der Waals surface area contributed by atoms with E-state index < -0.39 is 6.10 Å². The van der Waals surface area contributed by atoms with Gasteiger partial charge < -0.3 is 14.2 Å². The van der Waals surface area contributed by atoms with Gasteiger partial charge in [0.1, 0.15) is 13.2 Å². The van der Waals surface area contributed by atoms with Gasteiger partial charge in [-0.25, -0.2) is 0 Å². The monoisotopic (exact) mass is 1020 g/mol. The van der Waals surface area contributed by atoms with Crippen LogP contribution in [0.2, 0.25) is 0 Å². The van der Waals surface area contributed by atoms with Gasteiger partial charge in [0, 0.05) is 19.3 Å². The van der Waals surface area contributed by atoms with Crippen LogP contribution in [0.15, 0.2) is 36.5 Å². The second-order valence-corrected chi connectivity index (χ2v) is 22.0. The van der Waals surface area contributed by atoms with E-state index in [0.717, 1.165) is 77.0 Å². The predicted octanol–water partition coefficient (Wildman–Crippen LogP) is 22.0. The molecule has 428 valence electrons. The van der Waals surface area contributed by atoms with Crippen molar-refractivity contribution in [2.24, 2.45) is 0 Å². The van der Waals surface area contributed by atoms with E-state index in [4.69, 9.17) is 14.2 Å². The van der Waals surface area contributed by atoms with Crippen LogP contribution < -0.4 is 0 Å². The highest BCUT2D eigenvalue weighted by molar-refractivity contribution is 5.71. The first-order valence-corrected chi connectivity index (χ1v) is 32.5. The summed E-state index contributed by atoms with van der Waals surface area (Å²) < 4.78 is 17.0. The summed E-state index contributed by atoms with van der Waals surface area (Å²) in [5.74, 6) is -0.858. The molecule has 6 nitrogen and oxygen atoms in total. The normalized spacial score (nSPS) is 12.2. The fraction of sp³-hybridized carbons (Fsp3) is 0.866. The Morgan fingerprint density at radius 3 is 0.795 bits per heavy atom. The Labute approximate surface area is 455 Å².